The summed E-state index contributed by atoms with van der Waals surface area (Å²) in [4.78, 5) is 10.2. The van der Waals surface area contributed by atoms with Crippen LogP contribution < -0.4 is 5.32 Å². The number of hydrogen-bond acceptors (Lipinski definition) is 4. The quantitative estimate of drug-likeness (QED) is 0.400. The minimum Gasteiger partial charge on any atom is -0.361 e. The molecule has 2 atom stereocenters. The Morgan fingerprint density at radius 3 is 2.78 bits per heavy atom. The van der Waals surface area contributed by atoms with Crippen LogP contribution in [0.4, 0.5) is 0 Å². The Hall–Kier alpha value is -2.34. The Balaban J connectivity index is 1.33. The van der Waals surface area contributed by atoms with E-state index >= 15 is 0 Å². The SMILES string of the molecule is CCNC(=NCCCc1c(C)noc1C)N1CCC2C(CCCN2Cc2ccccc2)C1. The van der Waals surface area contributed by atoms with Crippen molar-refractivity contribution in [3.63, 3.8) is 0 Å². The van der Waals surface area contributed by atoms with Crippen molar-refractivity contribution in [2.75, 3.05) is 32.7 Å². The maximum absolute atomic E-state index is 5.29. The Morgan fingerprint density at radius 1 is 1.19 bits per heavy atom. The average Bonchev–Trinajstić information content (AvgIpc) is 3.13. The maximum atomic E-state index is 5.29. The van der Waals surface area contributed by atoms with Crippen LogP contribution in [0.3, 0.4) is 0 Å². The van der Waals surface area contributed by atoms with Crippen molar-refractivity contribution in [3.8, 4) is 0 Å². The molecule has 6 heteroatoms. The van der Waals surface area contributed by atoms with Crippen molar-refractivity contribution in [1.29, 1.82) is 0 Å². The van der Waals surface area contributed by atoms with Gasteiger partial charge in [-0.15, -0.1) is 0 Å². The van der Waals surface area contributed by atoms with Crippen molar-refractivity contribution in [2.24, 2.45) is 10.9 Å². The van der Waals surface area contributed by atoms with Gasteiger partial charge in [-0.3, -0.25) is 9.89 Å². The van der Waals surface area contributed by atoms with Crippen LogP contribution in [0.15, 0.2) is 39.8 Å². The summed E-state index contributed by atoms with van der Waals surface area (Å²) in [7, 11) is 0. The molecule has 1 aromatic carbocycles. The monoisotopic (exact) mass is 437 g/mol. The summed E-state index contributed by atoms with van der Waals surface area (Å²) in [6, 6.07) is 11.6. The zero-order valence-corrected chi connectivity index (χ0v) is 20.0. The van der Waals surface area contributed by atoms with Crippen LogP contribution in [0.1, 0.15) is 55.2 Å². The Bertz CT molecular complexity index is 858. The van der Waals surface area contributed by atoms with Gasteiger partial charge in [0.15, 0.2) is 5.96 Å². The number of guanidine groups is 1. The second-order valence-corrected chi connectivity index (χ2v) is 9.30. The Morgan fingerprint density at radius 2 is 2.03 bits per heavy atom. The number of aliphatic imine (C=N–C) groups is 1. The highest BCUT2D eigenvalue weighted by Crippen LogP contribution is 2.31. The third-order valence-corrected chi connectivity index (χ3v) is 7.07. The number of nitrogens with one attached hydrogen (secondary N) is 1. The molecule has 1 aromatic heterocycles. The van der Waals surface area contributed by atoms with Crippen LogP contribution in [-0.4, -0.2) is 59.7 Å². The van der Waals surface area contributed by atoms with Gasteiger partial charge in [0.2, 0.25) is 0 Å². The molecule has 0 amide bonds. The van der Waals surface area contributed by atoms with E-state index in [0.29, 0.717) is 6.04 Å². The molecule has 0 radical (unpaired) electrons. The van der Waals surface area contributed by atoms with Crippen LogP contribution in [-0.2, 0) is 13.0 Å². The van der Waals surface area contributed by atoms with Crippen molar-refractivity contribution < 1.29 is 4.52 Å². The van der Waals surface area contributed by atoms with E-state index in [1.807, 2.05) is 13.8 Å². The molecule has 2 aliphatic heterocycles. The molecule has 1 N–H and O–H groups in total. The molecular formula is C26H39N5O. The maximum Gasteiger partial charge on any atom is 0.193 e. The number of fused-ring (bicyclic) bond motifs is 1. The molecule has 0 saturated carbocycles. The van der Waals surface area contributed by atoms with Gasteiger partial charge in [0, 0.05) is 44.3 Å². The van der Waals surface area contributed by atoms with Crippen LogP contribution >= 0.6 is 0 Å². The summed E-state index contributed by atoms with van der Waals surface area (Å²) in [5.74, 6) is 2.76. The largest absolute Gasteiger partial charge is 0.361 e. The fourth-order valence-electron chi connectivity index (χ4n) is 5.44. The van der Waals surface area contributed by atoms with Gasteiger partial charge >= 0.3 is 0 Å². The van der Waals surface area contributed by atoms with Crippen LogP contribution in [0, 0.1) is 19.8 Å². The molecule has 2 aromatic rings. The van der Waals surface area contributed by atoms with Crippen molar-refractivity contribution in [3.05, 3.63) is 52.9 Å². The molecule has 0 aliphatic carbocycles. The van der Waals surface area contributed by atoms with E-state index in [1.54, 1.807) is 0 Å². The summed E-state index contributed by atoms with van der Waals surface area (Å²) in [5, 5.41) is 7.62. The summed E-state index contributed by atoms with van der Waals surface area (Å²) in [6.45, 7) is 12.4. The lowest BCUT2D eigenvalue weighted by Gasteiger charge is -2.48. The van der Waals surface area contributed by atoms with E-state index in [0.717, 1.165) is 68.9 Å². The van der Waals surface area contributed by atoms with E-state index in [-0.39, 0.29) is 0 Å². The minimum absolute atomic E-state index is 0.697. The normalized spacial score (nSPS) is 22.1. The van der Waals surface area contributed by atoms with Gasteiger partial charge in [-0.2, -0.15) is 0 Å². The van der Waals surface area contributed by atoms with E-state index in [2.05, 4.69) is 57.5 Å². The van der Waals surface area contributed by atoms with E-state index in [9.17, 15) is 0 Å². The highest BCUT2D eigenvalue weighted by molar-refractivity contribution is 5.80. The molecule has 2 unspecified atom stereocenters. The first kappa shape index (κ1) is 22.8. The standard InChI is InChI=1S/C26H39N5O/c1-4-27-26(28-15-8-13-24-20(2)29-32-21(24)3)31-17-14-25-23(19-31)12-9-16-30(25)18-22-10-6-5-7-11-22/h5-7,10-11,23,25H,4,8-9,12-19H2,1-3H3,(H,27,28). The predicted molar refractivity (Wildman–Crippen MR) is 130 cm³/mol. The molecule has 32 heavy (non-hydrogen) atoms. The number of rotatable bonds is 7. The van der Waals surface area contributed by atoms with E-state index in [1.165, 1.54) is 36.9 Å². The molecular weight excluding hydrogens is 398 g/mol. The molecule has 2 aliphatic rings. The first-order valence-electron chi connectivity index (χ1n) is 12.4. The minimum atomic E-state index is 0.697. The highest BCUT2D eigenvalue weighted by atomic mass is 16.5. The molecule has 4 rings (SSSR count). The van der Waals surface area contributed by atoms with Gasteiger partial charge in [-0.1, -0.05) is 35.5 Å². The number of aryl methyl sites for hydroxylation is 2. The van der Waals surface area contributed by atoms with Crippen LogP contribution in [0.2, 0.25) is 0 Å². The lowest BCUT2D eigenvalue weighted by Crippen LogP contribution is -2.56. The van der Waals surface area contributed by atoms with Gasteiger partial charge in [-0.05, 0) is 70.9 Å². The highest BCUT2D eigenvalue weighted by Gasteiger charge is 2.36. The number of nitrogens with zero attached hydrogens (tertiary/aromatic N) is 4. The van der Waals surface area contributed by atoms with Crippen molar-refractivity contribution in [1.82, 2.24) is 20.3 Å². The summed E-state index contributed by atoms with van der Waals surface area (Å²) in [5.41, 5.74) is 3.69. The third-order valence-electron chi connectivity index (χ3n) is 7.07. The Kier molecular flexibility index (Phi) is 7.85. The first-order chi connectivity index (χ1) is 15.7. The van der Waals surface area contributed by atoms with E-state index < -0.39 is 0 Å². The lowest BCUT2D eigenvalue weighted by atomic mass is 9.83. The van der Waals surface area contributed by atoms with E-state index in [4.69, 9.17) is 9.52 Å². The molecule has 3 heterocycles. The van der Waals surface area contributed by atoms with Crippen molar-refractivity contribution in [2.45, 2.75) is 65.5 Å². The second-order valence-electron chi connectivity index (χ2n) is 9.30. The fraction of sp³-hybridized carbons (Fsp3) is 0.615. The number of aromatic nitrogens is 1. The summed E-state index contributed by atoms with van der Waals surface area (Å²) >= 11 is 0. The first-order valence-corrected chi connectivity index (χ1v) is 12.4. The van der Waals surface area contributed by atoms with Gasteiger partial charge in [0.1, 0.15) is 5.76 Å². The van der Waals surface area contributed by atoms with Crippen LogP contribution in [0.5, 0.6) is 0 Å². The predicted octanol–water partition coefficient (Wildman–Crippen LogP) is 4.18. The smallest absolute Gasteiger partial charge is 0.193 e. The van der Waals surface area contributed by atoms with Crippen molar-refractivity contribution >= 4 is 5.96 Å². The summed E-state index contributed by atoms with van der Waals surface area (Å²) in [6.07, 6.45) is 5.84. The molecule has 2 fully saturated rings. The van der Waals surface area contributed by atoms with Crippen LogP contribution in [0.25, 0.3) is 0 Å². The number of likely N-dealkylation sites (tertiary alicyclic amines) is 2. The molecule has 2 saturated heterocycles. The number of hydrogen-bond donors (Lipinski definition) is 1. The molecule has 0 spiro atoms. The number of piperidine rings is 2. The van der Waals surface area contributed by atoms with Gasteiger partial charge in [0.05, 0.1) is 5.69 Å². The lowest BCUT2D eigenvalue weighted by molar-refractivity contribution is 0.0372. The molecule has 174 valence electrons. The zero-order chi connectivity index (χ0) is 22.3. The fourth-order valence-corrected chi connectivity index (χ4v) is 5.44. The average molecular weight is 438 g/mol. The summed E-state index contributed by atoms with van der Waals surface area (Å²) < 4.78 is 5.29. The Labute approximate surface area is 193 Å². The zero-order valence-electron chi connectivity index (χ0n) is 20.0. The van der Waals surface area contributed by atoms with Gasteiger partial charge in [0.25, 0.3) is 0 Å². The third kappa shape index (κ3) is 5.52. The topological polar surface area (TPSA) is 56.9 Å². The van der Waals surface area contributed by atoms with Gasteiger partial charge in [-0.25, -0.2) is 0 Å². The second kappa shape index (κ2) is 11.0. The van der Waals surface area contributed by atoms with Gasteiger partial charge < -0.3 is 14.7 Å². The number of benzene rings is 1. The molecule has 6 nitrogen and oxygen atoms in total. The molecule has 0 bridgehead atoms.